The first kappa shape index (κ1) is 12.5. The molecule has 0 aliphatic rings. The molecule has 17 heavy (non-hydrogen) atoms. The molecule has 0 atom stereocenters. The Hall–Kier alpha value is -0.930. The van der Waals surface area contributed by atoms with Crippen molar-refractivity contribution < 1.29 is 8.78 Å². The van der Waals surface area contributed by atoms with E-state index in [1.807, 2.05) is 0 Å². The summed E-state index contributed by atoms with van der Waals surface area (Å²) in [5, 5.41) is 1.01. The van der Waals surface area contributed by atoms with Crippen molar-refractivity contribution in [3.05, 3.63) is 58.6 Å². The van der Waals surface area contributed by atoms with Gasteiger partial charge in [-0.2, -0.15) is 0 Å². The van der Waals surface area contributed by atoms with Gasteiger partial charge in [0, 0.05) is 15.9 Å². The Kier molecular flexibility index (Phi) is 3.79. The highest BCUT2D eigenvalue weighted by molar-refractivity contribution is 9.08. The Labute approximate surface area is 111 Å². The van der Waals surface area contributed by atoms with E-state index < -0.39 is 11.6 Å². The smallest absolute Gasteiger partial charge is 0.166 e. The van der Waals surface area contributed by atoms with E-state index >= 15 is 0 Å². The predicted octanol–water partition coefficient (Wildman–Crippen LogP) is 5.18. The van der Waals surface area contributed by atoms with Crippen LogP contribution < -0.4 is 0 Å². The molecule has 0 fully saturated rings. The molecule has 0 spiro atoms. The van der Waals surface area contributed by atoms with Gasteiger partial charge in [0.25, 0.3) is 0 Å². The molecular weight excluding hydrogens is 309 g/mol. The van der Waals surface area contributed by atoms with Gasteiger partial charge in [-0.3, -0.25) is 0 Å². The fourth-order valence-electron chi connectivity index (χ4n) is 1.66. The summed E-state index contributed by atoms with van der Waals surface area (Å²) in [7, 11) is 0. The van der Waals surface area contributed by atoms with Gasteiger partial charge in [-0.25, -0.2) is 8.78 Å². The number of hydrogen-bond acceptors (Lipinski definition) is 0. The lowest BCUT2D eigenvalue weighted by molar-refractivity contribution is 0.511. The SMILES string of the molecule is Fc1cccc(-c2cccc(Cl)c2CBr)c1F. The minimum Gasteiger partial charge on any atom is -0.204 e. The van der Waals surface area contributed by atoms with Gasteiger partial charge in [0.2, 0.25) is 0 Å². The van der Waals surface area contributed by atoms with Crippen LogP contribution in [-0.2, 0) is 5.33 Å². The van der Waals surface area contributed by atoms with Gasteiger partial charge in [0.15, 0.2) is 11.6 Å². The predicted molar refractivity (Wildman–Crippen MR) is 69.4 cm³/mol. The van der Waals surface area contributed by atoms with Crippen molar-refractivity contribution in [3.63, 3.8) is 0 Å². The van der Waals surface area contributed by atoms with Crippen LogP contribution in [0.1, 0.15) is 5.56 Å². The molecule has 2 aromatic carbocycles. The molecule has 0 nitrogen and oxygen atoms in total. The van der Waals surface area contributed by atoms with Crippen molar-refractivity contribution in [2.75, 3.05) is 0 Å². The maximum absolute atomic E-state index is 13.7. The van der Waals surface area contributed by atoms with Crippen LogP contribution in [0.25, 0.3) is 11.1 Å². The van der Waals surface area contributed by atoms with Crippen LogP contribution in [0.4, 0.5) is 8.78 Å². The zero-order valence-corrected chi connectivity index (χ0v) is 11.0. The lowest BCUT2D eigenvalue weighted by Gasteiger charge is -2.10. The second kappa shape index (κ2) is 5.15. The Bertz CT molecular complexity index is 555. The van der Waals surface area contributed by atoms with E-state index in [1.54, 1.807) is 18.2 Å². The Balaban J connectivity index is 2.68. The van der Waals surface area contributed by atoms with Crippen molar-refractivity contribution in [1.29, 1.82) is 0 Å². The fraction of sp³-hybridized carbons (Fsp3) is 0.0769. The van der Waals surface area contributed by atoms with Gasteiger partial charge >= 0.3 is 0 Å². The van der Waals surface area contributed by atoms with Gasteiger partial charge in [0.05, 0.1) is 0 Å². The molecule has 0 aromatic heterocycles. The summed E-state index contributed by atoms with van der Waals surface area (Å²) >= 11 is 9.32. The average Bonchev–Trinajstić information content (AvgIpc) is 2.32. The molecule has 0 radical (unpaired) electrons. The molecular formula is C13H8BrClF2. The molecule has 0 unspecified atom stereocenters. The summed E-state index contributed by atoms with van der Waals surface area (Å²) in [6.07, 6.45) is 0. The normalized spacial score (nSPS) is 10.6. The molecule has 88 valence electrons. The molecule has 4 heteroatoms. The first-order chi connectivity index (χ1) is 8.15. The molecule has 2 rings (SSSR count). The zero-order valence-electron chi connectivity index (χ0n) is 8.68. The van der Waals surface area contributed by atoms with E-state index in [2.05, 4.69) is 15.9 Å². The molecule has 0 amide bonds. The molecule has 0 aliphatic heterocycles. The third kappa shape index (κ3) is 2.35. The van der Waals surface area contributed by atoms with Gasteiger partial charge < -0.3 is 0 Å². The minimum atomic E-state index is -0.858. The minimum absolute atomic E-state index is 0.224. The van der Waals surface area contributed by atoms with Crippen LogP contribution in [0, 0.1) is 11.6 Å². The van der Waals surface area contributed by atoms with Crippen LogP contribution >= 0.6 is 27.5 Å². The Morgan fingerprint density at radius 1 is 1.00 bits per heavy atom. The molecule has 0 saturated carbocycles. The van der Waals surface area contributed by atoms with Crippen molar-refractivity contribution in [1.82, 2.24) is 0 Å². The van der Waals surface area contributed by atoms with Crippen LogP contribution in [0.15, 0.2) is 36.4 Å². The van der Waals surface area contributed by atoms with Gasteiger partial charge in [-0.05, 0) is 23.3 Å². The van der Waals surface area contributed by atoms with Gasteiger partial charge in [-0.15, -0.1) is 0 Å². The summed E-state index contributed by atoms with van der Waals surface area (Å²) in [6.45, 7) is 0. The van der Waals surface area contributed by atoms with Crippen LogP contribution in [-0.4, -0.2) is 0 Å². The highest BCUT2D eigenvalue weighted by Crippen LogP contribution is 2.32. The van der Waals surface area contributed by atoms with E-state index in [0.717, 1.165) is 11.6 Å². The van der Waals surface area contributed by atoms with E-state index in [1.165, 1.54) is 12.1 Å². The van der Waals surface area contributed by atoms with E-state index in [0.29, 0.717) is 15.9 Å². The van der Waals surface area contributed by atoms with Crippen LogP contribution in [0.5, 0.6) is 0 Å². The molecule has 0 N–H and O–H groups in total. The van der Waals surface area contributed by atoms with E-state index in [9.17, 15) is 8.78 Å². The number of benzene rings is 2. The largest absolute Gasteiger partial charge is 0.204 e. The highest BCUT2D eigenvalue weighted by Gasteiger charge is 2.14. The molecule has 0 bridgehead atoms. The lowest BCUT2D eigenvalue weighted by atomic mass is 10.00. The molecule has 2 aromatic rings. The van der Waals surface area contributed by atoms with Crippen molar-refractivity contribution in [2.45, 2.75) is 5.33 Å². The fourth-order valence-corrected chi connectivity index (χ4v) is 2.67. The van der Waals surface area contributed by atoms with E-state index in [-0.39, 0.29) is 5.56 Å². The number of hydrogen-bond donors (Lipinski definition) is 0. The monoisotopic (exact) mass is 316 g/mol. The summed E-state index contributed by atoms with van der Waals surface area (Å²) in [4.78, 5) is 0. The van der Waals surface area contributed by atoms with Crippen molar-refractivity contribution in [3.8, 4) is 11.1 Å². The lowest BCUT2D eigenvalue weighted by Crippen LogP contribution is -1.93. The Morgan fingerprint density at radius 2 is 1.65 bits per heavy atom. The quantitative estimate of drug-likeness (QED) is 0.669. The van der Waals surface area contributed by atoms with Crippen LogP contribution in [0.3, 0.4) is 0 Å². The Morgan fingerprint density at radius 3 is 2.35 bits per heavy atom. The standard InChI is InChI=1S/C13H8BrClF2/c14-7-10-8(3-1-5-11(10)15)9-4-2-6-12(16)13(9)17/h1-6H,7H2. The summed E-state index contributed by atoms with van der Waals surface area (Å²) in [6, 6.07) is 9.27. The van der Waals surface area contributed by atoms with Crippen LogP contribution in [0.2, 0.25) is 5.02 Å². The summed E-state index contributed by atoms with van der Waals surface area (Å²) in [5.41, 5.74) is 1.58. The van der Waals surface area contributed by atoms with Gasteiger partial charge in [-0.1, -0.05) is 51.8 Å². The first-order valence-electron chi connectivity index (χ1n) is 4.93. The average molecular weight is 318 g/mol. The molecule has 0 aliphatic carbocycles. The summed E-state index contributed by atoms with van der Waals surface area (Å²) in [5.74, 6) is -1.71. The zero-order chi connectivity index (χ0) is 12.4. The first-order valence-corrected chi connectivity index (χ1v) is 6.43. The molecule has 0 saturated heterocycles. The maximum Gasteiger partial charge on any atom is 0.166 e. The third-order valence-electron chi connectivity index (χ3n) is 2.49. The number of rotatable bonds is 2. The third-order valence-corrected chi connectivity index (χ3v) is 3.41. The highest BCUT2D eigenvalue weighted by atomic mass is 79.9. The number of alkyl halides is 1. The maximum atomic E-state index is 13.7. The topological polar surface area (TPSA) is 0 Å². The van der Waals surface area contributed by atoms with E-state index in [4.69, 9.17) is 11.6 Å². The van der Waals surface area contributed by atoms with Crippen molar-refractivity contribution in [2.24, 2.45) is 0 Å². The molecule has 0 heterocycles. The summed E-state index contributed by atoms with van der Waals surface area (Å²) < 4.78 is 26.9. The van der Waals surface area contributed by atoms with Gasteiger partial charge in [0.1, 0.15) is 0 Å². The second-order valence-corrected chi connectivity index (χ2v) is 4.47. The number of halogens is 4. The second-order valence-electron chi connectivity index (χ2n) is 3.50. The van der Waals surface area contributed by atoms with Crippen molar-refractivity contribution >= 4 is 27.5 Å².